The van der Waals surface area contributed by atoms with E-state index in [1.54, 1.807) is 11.1 Å². The quantitative estimate of drug-likeness (QED) is 0.482. The minimum Gasteiger partial charge on any atom is -0.490 e. The maximum Gasteiger partial charge on any atom is 0.123 e. The van der Waals surface area contributed by atoms with Crippen molar-refractivity contribution < 1.29 is 9.47 Å². The summed E-state index contributed by atoms with van der Waals surface area (Å²) < 4.78 is 12.3. The predicted octanol–water partition coefficient (Wildman–Crippen LogP) is 6.71. The minimum atomic E-state index is 0.336. The molecular formula is C30H40O2. The molecule has 172 valence electrons. The second-order valence-corrected chi connectivity index (χ2v) is 13.8. The number of epoxide rings is 1. The monoisotopic (exact) mass is 432 g/mol. The van der Waals surface area contributed by atoms with E-state index in [0.717, 1.165) is 48.7 Å². The number of hydrogen-bond donors (Lipinski definition) is 0. The van der Waals surface area contributed by atoms with Crippen LogP contribution in [0.4, 0.5) is 0 Å². The first kappa shape index (κ1) is 19.3. The lowest BCUT2D eigenvalue weighted by Crippen LogP contribution is -2.52. The second kappa shape index (κ2) is 6.55. The molecule has 1 unspecified atom stereocenters. The summed E-state index contributed by atoms with van der Waals surface area (Å²) >= 11 is 0. The average molecular weight is 433 g/mol. The maximum absolute atomic E-state index is 6.71. The summed E-state index contributed by atoms with van der Waals surface area (Å²) in [7, 11) is 0. The Kier molecular flexibility index (Phi) is 3.95. The van der Waals surface area contributed by atoms with E-state index in [1.807, 2.05) is 0 Å². The highest BCUT2D eigenvalue weighted by Crippen LogP contribution is 2.66. The molecule has 0 spiro atoms. The SMILES string of the molecule is Cc1cc(OCC2CO2)c(C23CC4CC(CC(C4)C2)C3)c(C23CC4CC(CC(C4)C2)C3)c1. The summed E-state index contributed by atoms with van der Waals surface area (Å²) in [6.45, 7) is 3.97. The number of hydrogen-bond acceptors (Lipinski definition) is 2. The van der Waals surface area contributed by atoms with Gasteiger partial charge in [-0.3, -0.25) is 0 Å². The van der Waals surface area contributed by atoms with Crippen molar-refractivity contribution in [3.63, 3.8) is 0 Å². The fourth-order valence-corrected chi connectivity index (χ4v) is 11.0. The van der Waals surface area contributed by atoms with Crippen molar-refractivity contribution in [2.24, 2.45) is 35.5 Å². The summed E-state index contributed by atoms with van der Waals surface area (Å²) in [5.74, 6) is 7.19. The third-order valence-electron chi connectivity index (χ3n) is 11.3. The topological polar surface area (TPSA) is 21.8 Å². The van der Waals surface area contributed by atoms with Crippen molar-refractivity contribution in [1.82, 2.24) is 0 Å². The fraction of sp³-hybridized carbons (Fsp3) is 0.800. The molecule has 1 atom stereocenters. The van der Waals surface area contributed by atoms with Crippen LogP contribution in [-0.2, 0) is 15.6 Å². The first-order chi connectivity index (χ1) is 15.6. The molecule has 32 heavy (non-hydrogen) atoms. The highest BCUT2D eigenvalue weighted by Gasteiger charge is 2.57. The molecule has 0 aromatic heterocycles. The van der Waals surface area contributed by atoms with Gasteiger partial charge < -0.3 is 9.47 Å². The van der Waals surface area contributed by atoms with Crippen LogP contribution in [-0.4, -0.2) is 19.3 Å². The molecule has 0 amide bonds. The Morgan fingerprint density at radius 1 is 0.750 bits per heavy atom. The zero-order valence-electron chi connectivity index (χ0n) is 19.9. The van der Waals surface area contributed by atoms with Crippen molar-refractivity contribution in [3.8, 4) is 5.75 Å². The van der Waals surface area contributed by atoms with E-state index in [4.69, 9.17) is 9.47 Å². The average Bonchev–Trinajstić information content (AvgIpc) is 3.54. The third kappa shape index (κ3) is 2.87. The van der Waals surface area contributed by atoms with Gasteiger partial charge in [0.1, 0.15) is 18.5 Å². The van der Waals surface area contributed by atoms with Crippen LogP contribution in [0, 0.1) is 42.4 Å². The Bertz CT molecular complexity index is 870. The molecule has 9 fully saturated rings. The van der Waals surface area contributed by atoms with E-state index in [1.165, 1.54) is 88.4 Å². The number of benzene rings is 1. The Morgan fingerprint density at radius 3 is 1.69 bits per heavy atom. The van der Waals surface area contributed by atoms with Crippen LogP contribution < -0.4 is 4.74 Å². The molecule has 8 bridgehead atoms. The van der Waals surface area contributed by atoms with Crippen molar-refractivity contribution >= 4 is 0 Å². The zero-order chi connectivity index (χ0) is 21.1. The summed E-state index contributed by atoms with van der Waals surface area (Å²) in [4.78, 5) is 0. The standard InChI is InChI=1S/C30H40O2/c1-18-2-26(29-10-19-4-20(11-29)6-21(5-19)12-29)28(27(3-18)32-17-25-16-31-25)30-13-22-7-23(14-30)9-24(8-22)15-30/h2-3,19-25H,4-17H2,1H3. The second-order valence-electron chi connectivity index (χ2n) is 13.8. The Morgan fingerprint density at radius 2 is 1.22 bits per heavy atom. The summed E-state index contributed by atoms with van der Waals surface area (Å²) in [5.41, 5.74) is 5.79. The van der Waals surface area contributed by atoms with E-state index in [2.05, 4.69) is 19.1 Å². The van der Waals surface area contributed by atoms with Crippen LogP contribution in [0.5, 0.6) is 5.75 Å². The lowest BCUT2D eigenvalue weighted by molar-refractivity contribution is -0.0185. The molecular weight excluding hydrogens is 392 g/mol. The molecule has 1 aromatic carbocycles. The van der Waals surface area contributed by atoms with Gasteiger partial charge >= 0.3 is 0 Å². The van der Waals surface area contributed by atoms with Gasteiger partial charge in [0.2, 0.25) is 0 Å². The third-order valence-corrected chi connectivity index (χ3v) is 11.3. The van der Waals surface area contributed by atoms with Crippen LogP contribution >= 0.6 is 0 Å². The molecule has 1 aliphatic heterocycles. The van der Waals surface area contributed by atoms with Gasteiger partial charge in [-0.05, 0) is 142 Å². The van der Waals surface area contributed by atoms with E-state index in [0.29, 0.717) is 16.9 Å². The minimum absolute atomic E-state index is 0.336. The van der Waals surface area contributed by atoms with Crippen LogP contribution in [0.2, 0.25) is 0 Å². The van der Waals surface area contributed by atoms with Crippen LogP contribution in [0.1, 0.15) is 93.7 Å². The molecule has 1 aromatic rings. The summed E-state index contributed by atoms with van der Waals surface area (Å²) in [6, 6.07) is 5.09. The zero-order valence-corrected chi connectivity index (χ0v) is 19.9. The molecule has 1 heterocycles. The van der Waals surface area contributed by atoms with E-state index in [-0.39, 0.29) is 0 Å². The van der Waals surface area contributed by atoms with Gasteiger partial charge in [-0.2, -0.15) is 0 Å². The van der Waals surface area contributed by atoms with Gasteiger partial charge in [0.05, 0.1) is 6.61 Å². The summed E-state index contributed by atoms with van der Waals surface area (Å²) in [5, 5.41) is 0. The van der Waals surface area contributed by atoms with Crippen LogP contribution in [0.3, 0.4) is 0 Å². The number of rotatable bonds is 5. The Balaban J connectivity index is 1.30. The van der Waals surface area contributed by atoms with E-state index < -0.39 is 0 Å². The highest BCUT2D eigenvalue weighted by molar-refractivity contribution is 5.53. The molecule has 8 aliphatic carbocycles. The molecule has 8 saturated carbocycles. The van der Waals surface area contributed by atoms with Crippen molar-refractivity contribution in [1.29, 1.82) is 0 Å². The van der Waals surface area contributed by atoms with Crippen molar-refractivity contribution in [3.05, 3.63) is 28.8 Å². The van der Waals surface area contributed by atoms with Gasteiger partial charge in [-0.15, -0.1) is 0 Å². The van der Waals surface area contributed by atoms with Crippen molar-refractivity contribution in [2.45, 2.75) is 101 Å². The van der Waals surface area contributed by atoms with Crippen molar-refractivity contribution in [2.75, 3.05) is 13.2 Å². The van der Waals surface area contributed by atoms with Gasteiger partial charge in [0.25, 0.3) is 0 Å². The fourth-order valence-electron chi connectivity index (χ4n) is 11.0. The van der Waals surface area contributed by atoms with Gasteiger partial charge in [0.15, 0.2) is 0 Å². The largest absolute Gasteiger partial charge is 0.490 e. The molecule has 0 N–H and O–H groups in total. The van der Waals surface area contributed by atoms with Gasteiger partial charge in [0, 0.05) is 11.0 Å². The molecule has 1 saturated heterocycles. The lowest BCUT2D eigenvalue weighted by Gasteiger charge is -2.61. The molecule has 2 heteroatoms. The Hall–Kier alpha value is -1.02. The first-order valence-electron chi connectivity index (χ1n) is 14.0. The number of ether oxygens (including phenoxy) is 2. The smallest absolute Gasteiger partial charge is 0.123 e. The highest BCUT2D eigenvalue weighted by atomic mass is 16.6. The first-order valence-corrected chi connectivity index (χ1v) is 14.0. The maximum atomic E-state index is 6.71. The normalized spacial score (nSPS) is 49.6. The van der Waals surface area contributed by atoms with Gasteiger partial charge in [-0.1, -0.05) is 6.07 Å². The predicted molar refractivity (Wildman–Crippen MR) is 126 cm³/mol. The lowest BCUT2D eigenvalue weighted by atomic mass is 9.44. The summed E-state index contributed by atoms with van der Waals surface area (Å²) in [6.07, 6.45) is 18.2. The van der Waals surface area contributed by atoms with Gasteiger partial charge in [-0.25, -0.2) is 0 Å². The molecule has 9 aliphatic rings. The molecule has 10 rings (SSSR count). The molecule has 2 nitrogen and oxygen atoms in total. The molecule has 0 radical (unpaired) electrons. The Labute approximate surface area is 193 Å². The van der Waals surface area contributed by atoms with Crippen LogP contribution in [0.15, 0.2) is 12.1 Å². The van der Waals surface area contributed by atoms with E-state index >= 15 is 0 Å². The van der Waals surface area contributed by atoms with Crippen LogP contribution in [0.25, 0.3) is 0 Å². The number of aryl methyl sites for hydroxylation is 1. The van der Waals surface area contributed by atoms with E-state index in [9.17, 15) is 0 Å².